The summed E-state index contributed by atoms with van der Waals surface area (Å²) in [6.45, 7) is 4.31. The van der Waals surface area contributed by atoms with E-state index < -0.39 is 23.1 Å². The summed E-state index contributed by atoms with van der Waals surface area (Å²) in [6.07, 6.45) is 4.39. The van der Waals surface area contributed by atoms with E-state index in [1.54, 1.807) is 31.2 Å². The minimum absolute atomic E-state index is 0.184. The Labute approximate surface area is 217 Å². The fourth-order valence-corrected chi connectivity index (χ4v) is 5.76. The van der Waals surface area contributed by atoms with Crippen LogP contribution in [0.1, 0.15) is 26.7 Å². The third-order valence-electron chi connectivity index (χ3n) is 5.77. The lowest BCUT2D eigenvalue weighted by atomic mass is 9.82. The number of allylic oxidation sites excluding steroid dienone is 2. The third kappa shape index (κ3) is 6.24. The maximum atomic E-state index is 12.8. The molecule has 2 amide bonds. The molecule has 1 aromatic heterocycles. The molecule has 36 heavy (non-hydrogen) atoms. The van der Waals surface area contributed by atoms with Crippen molar-refractivity contribution >= 4 is 61.9 Å². The van der Waals surface area contributed by atoms with Gasteiger partial charge in [-0.25, -0.2) is 4.98 Å². The van der Waals surface area contributed by atoms with Crippen LogP contribution in [0, 0.1) is 11.8 Å². The van der Waals surface area contributed by atoms with Gasteiger partial charge < -0.3 is 20.5 Å². The molecule has 1 heterocycles. The van der Waals surface area contributed by atoms with Crippen LogP contribution in [0.4, 0.5) is 10.8 Å². The standard InChI is InChI=1S/C26H27N3O5S2/c1-3-34-17-11-12-21-22(14-17)36-26(28-21)29-23(30)15(2)35-18-8-6-7-16(13-18)27-24(31)19-9-4-5-10-20(19)25(32)33/h4-8,11-15,19-20H,3,9-10H2,1-2H3,(H,27,31)(H,32,33)(H,28,29,30). The van der Waals surface area contributed by atoms with Crippen LogP contribution in [0.2, 0.25) is 0 Å². The maximum absolute atomic E-state index is 12.8. The first-order valence-corrected chi connectivity index (χ1v) is 13.3. The van der Waals surface area contributed by atoms with Crippen molar-refractivity contribution in [1.82, 2.24) is 4.98 Å². The number of fused-ring (bicyclic) bond motifs is 1. The highest BCUT2D eigenvalue weighted by atomic mass is 32.2. The lowest BCUT2D eigenvalue weighted by Gasteiger charge is -2.24. The van der Waals surface area contributed by atoms with E-state index in [0.29, 0.717) is 30.3 Å². The summed E-state index contributed by atoms with van der Waals surface area (Å²) in [7, 11) is 0. The number of thiazole rings is 1. The van der Waals surface area contributed by atoms with Crippen molar-refractivity contribution in [1.29, 1.82) is 0 Å². The van der Waals surface area contributed by atoms with Gasteiger partial charge in [0.1, 0.15) is 5.75 Å². The van der Waals surface area contributed by atoms with Crippen LogP contribution in [-0.2, 0) is 14.4 Å². The van der Waals surface area contributed by atoms with Crippen LogP contribution in [-0.4, -0.2) is 39.7 Å². The third-order valence-corrected chi connectivity index (χ3v) is 7.80. The monoisotopic (exact) mass is 525 g/mol. The molecule has 3 N–H and O–H groups in total. The van der Waals surface area contributed by atoms with Crippen molar-refractivity contribution in [3.63, 3.8) is 0 Å². The van der Waals surface area contributed by atoms with Crippen LogP contribution in [0.25, 0.3) is 10.2 Å². The van der Waals surface area contributed by atoms with E-state index in [1.165, 1.54) is 23.1 Å². The molecule has 3 atom stereocenters. The molecule has 3 aromatic rings. The maximum Gasteiger partial charge on any atom is 0.307 e. The Hall–Kier alpha value is -3.37. The fourth-order valence-electron chi connectivity index (χ4n) is 3.94. The highest BCUT2D eigenvalue weighted by Gasteiger charge is 2.34. The molecule has 4 rings (SSSR count). The van der Waals surface area contributed by atoms with E-state index in [-0.39, 0.29) is 11.8 Å². The number of nitrogens with zero attached hydrogens (tertiary/aromatic N) is 1. The Balaban J connectivity index is 1.37. The first-order valence-electron chi connectivity index (χ1n) is 11.6. The molecule has 3 unspecified atom stereocenters. The average Bonchev–Trinajstić information content (AvgIpc) is 3.26. The highest BCUT2D eigenvalue weighted by Crippen LogP contribution is 2.32. The van der Waals surface area contributed by atoms with Gasteiger partial charge in [0.05, 0.1) is 33.9 Å². The molecule has 0 spiro atoms. The summed E-state index contributed by atoms with van der Waals surface area (Å²) >= 11 is 2.75. The van der Waals surface area contributed by atoms with E-state index >= 15 is 0 Å². The number of carboxylic acid groups (broad SMARTS) is 1. The van der Waals surface area contributed by atoms with Crippen molar-refractivity contribution in [3.05, 3.63) is 54.6 Å². The molecule has 10 heteroatoms. The molecule has 0 bridgehead atoms. The number of nitrogens with one attached hydrogen (secondary N) is 2. The topological polar surface area (TPSA) is 118 Å². The zero-order valence-corrected chi connectivity index (χ0v) is 21.5. The lowest BCUT2D eigenvalue weighted by molar-refractivity contribution is -0.146. The predicted molar refractivity (Wildman–Crippen MR) is 143 cm³/mol. The van der Waals surface area contributed by atoms with Gasteiger partial charge in [0, 0.05) is 10.6 Å². The number of carboxylic acids is 1. The van der Waals surface area contributed by atoms with Gasteiger partial charge in [-0.2, -0.15) is 0 Å². The number of rotatable bonds is 9. The number of aliphatic carboxylic acids is 1. The minimum Gasteiger partial charge on any atom is -0.494 e. The van der Waals surface area contributed by atoms with Gasteiger partial charge in [0.15, 0.2) is 5.13 Å². The normalized spacial score (nSPS) is 17.9. The average molecular weight is 526 g/mol. The number of benzene rings is 2. The Bertz CT molecular complexity index is 1310. The second kappa shape index (κ2) is 11.6. The number of carbonyl (C=O) groups is 3. The van der Waals surface area contributed by atoms with Gasteiger partial charge >= 0.3 is 5.97 Å². The number of hydrogen-bond acceptors (Lipinski definition) is 7. The van der Waals surface area contributed by atoms with Gasteiger partial charge in [-0.1, -0.05) is 29.6 Å². The van der Waals surface area contributed by atoms with E-state index in [0.717, 1.165) is 20.9 Å². The number of aromatic nitrogens is 1. The van der Waals surface area contributed by atoms with Gasteiger partial charge in [0.25, 0.3) is 0 Å². The van der Waals surface area contributed by atoms with Crippen molar-refractivity contribution in [2.45, 2.75) is 36.8 Å². The summed E-state index contributed by atoms with van der Waals surface area (Å²) in [4.78, 5) is 42.4. The molecule has 0 aliphatic heterocycles. The number of amides is 2. The molecule has 1 aliphatic carbocycles. The quantitative estimate of drug-likeness (QED) is 0.252. The van der Waals surface area contributed by atoms with Crippen LogP contribution in [0.15, 0.2) is 59.5 Å². The Morgan fingerprint density at radius 1 is 1.14 bits per heavy atom. The summed E-state index contributed by atoms with van der Waals surface area (Å²) in [5.74, 6) is -2.05. The summed E-state index contributed by atoms with van der Waals surface area (Å²) in [5.41, 5.74) is 1.36. The summed E-state index contributed by atoms with van der Waals surface area (Å²) < 4.78 is 6.45. The molecule has 0 fully saturated rings. The van der Waals surface area contributed by atoms with Crippen LogP contribution in [0.3, 0.4) is 0 Å². The molecular weight excluding hydrogens is 498 g/mol. The van der Waals surface area contributed by atoms with Gasteiger partial charge in [-0.15, -0.1) is 11.8 Å². The Morgan fingerprint density at radius 3 is 2.67 bits per heavy atom. The van der Waals surface area contributed by atoms with Gasteiger partial charge in [-0.05, 0) is 63.1 Å². The van der Waals surface area contributed by atoms with Crippen molar-refractivity contribution in [2.75, 3.05) is 17.2 Å². The summed E-state index contributed by atoms with van der Waals surface area (Å²) in [6, 6.07) is 12.8. The molecule has 1 aliphatic rings. The second-order valence-electron chi connectivity index (χ2n) is 8.34. The number of hydrogen-bond donors (Lipinski definition) is 3. The fraction of sp³-hybridized carbons (Fsp3) is 0.308. The van der Waals surface area contributed by atoms with Crippen molar-refractivity contribution in [2.24, 2.45) is 11.8 Å². The van der Waals surface area contributed by atoms with Crippen LogP contribution in [0.5, 0.6) is 5.75 Å². The second-order valence-corrected chi connectivity index (χ2v) is 10.8. The molecule has 0 saturated carbocycles. The number of carbonyl (C=O) groups excluding carboxylic acids is 2. The van der Waals surface area contributed by atoms with E-state index in [1.807, 2.05) is 37.3 Å². The zero-order valence-electron chi connectivity index (χ0n) is 19.9. The lowest BCUT2D eigenvalue weighted by Crippen LogP contribution is -2.34. The Kier molecular flexibility index (Phi) is 8.27. The molecule has 0 radical (unpaired) electrons. The van der Waals surface area contributed by atoms with E-state index in [4.69, 9.17) is 4.74 Å². The SMILES string of the molecule is CCOc1ccc2nc(NC(=O)C(C)Sc3cccc(NC(=O)C4CC=CCC4C(=O)O)c3)sc2c1. The number of ether oxygens (including phenoxy) is 1. The van der Waals surface area contributed by atoms with Crippen molar-refractivity contribution < 1.29 is 24.2 Å². The van der Waals surface area contributed by atoms with Crippen molar-refractivity contribution in [3.8, 4) is 5.75 Å². The smallest absolute Gasteiger partial charge is 0.307 e. The zero-order chi connectivity index (χ0) is 25.7. The molecule has 0 saturated heterocycles. The van der Waals surface area contributed by atoms with Crippen LogP contribution < -0.4 is 15.4 Å². The number of thioether (sulfide) groups is 1. The first kappa shape index (κ1) is 25.7. The Morgan fingerprint density at radius 2 is 1.92 bits per heavy atom. The van der Waals surface area contributed by atoms with Gasteiger partial charge in [0.2, 0.25) is 11.8 Å². The number of anilines is 2. The van der Waals surface area contributed by atoms with E-state index in [9.17, 15) is 19.5 Å². The van der Waals surface area contributed by atoms with Gasteiger partial charge in [-0.3, -0.25) is 14.4 Å². The van der Waals surface area contributed by atoms with Crippen LogP contribution >= 0.6 is 23.1 Å². The molecule has 2 aromatic carbocycles. The molecular formula is C26H27N3O5S2. The first-order chi connectivity index (χ1) is 17.3. The minimum atomic E-state index is -0.966. The highest BCUT2D eigenvalue weighted by molar-refractivity contribution is 8.00. The largest absolute Gasteiger partial charge is 0.494 e. The van der Waals surface area contributed by atoms with E-state index in [2.05, 4.69) is 15.6 Å². The molecule has 188 valence electrons. The molecule has 8 nitrogen and oxygen atoms in total. The summed E-state index contributed by atoms with van der Waals surface area (Å²) in [5, 5.41) is 15.3. The predicted octanol–water partition coefficient (Wildman–Crippen LogP) is 5.42.